The van der Waals surface area contributed by atoms with Gasteiger partial charge in [-0.3, -0.25) is 5.32 Å². The largest absolute Gasteiger partial charge is 0.457 e. The molecule has 0 bridgehead atoms. The van der Waals surface area contributed by atoms with Crippen molar-refractivity contribution in [3.8, 4) is 11.5 Å². The van der Waals surface area contributed by atoms with Crippen molar-refractivity contribution in [2.24, 2.45) is 0 Å². The highest BCUT2D eigenvalue weighted by Gasteiger charge is 2.20. The van der Waals surface area contributed by atoms with E-state index in [1.54, 1.807) is 30.5 Å². The van der Waals surface area contributed by atoms with Crippen molar-refractivity contribution >= 4 is 47.1 Å². The second-order valence-electron chi connectivity index (χ2n) is 7.55. The second-order valence-corrected chi connectivity index (χ2v) is 9.01. The third-order valence-electron chi connectivity index (χ3n) is 4.11. The number of thioether (sulfide) groups is 1. The molecule has 0 aliphatic carbocycles. The van der Waals surface area contributed by atoms with Crippen LogP contribution in [0.4, 0.5) is 22.2 Å². The standard InChI is InChI=1S/C21H25N5O3S2/c1-21(2,3)17-12-19(29-25-17)24-20(27)23-15-7-6-13(10-16(15)30-4)28-14-8-9-22-18(11-14)26-31-5/h6-12H,1-5H3,(H,22,26)(H2,23,24,27). The Morgan fingerprint density at radius 1 is 1.06 bits per heavy atom. The quantitative estimate of drug-likeness (QED) is 0.283. The predicted octanol–water partition coefficient (Wildman–Crippen LogP) is 6.22. The van der Waals surface area contributed by atoms with Crippen LogP contribution in [0.5, 0.6) is 11.5 Å². The molecule has 164 valence electrons. The van der Waals surface area contributed by atoms with Gasteiger partial charge in [-0.25, -0.2) is 9.78 Å². The lowest BCUT2D eigenvalue weighted by Crippen LogP contribution is -2.19. The number of rotatable bonds is 7. The molecule has 3 rings (SSSR count). The van der Waals surface area contributed by atoms with Gasteiger partial charge in [0.25, 0.3) is 0 Å². The molecule has 0 saturated heterocycles. The number of aromatic nitrogens is 2. The van der Waals surface area contributed by atoms with E-state index in [0.717, 1.165) is 10.6 Å². The first-order valence-electron chi connectivity index (χ1n) is 9.44. The van der Waals surface area contributed by atoms with E-state index >= 15 is 0 Å². The number of pyridine rings is 1. The third kappa shape index (κ3) is 6.31. The Balaban J connectivity index is 1.67. The number of hydrogen-bond donors (Lipinski definition) is 3. The number of urea groups is 1. The van der Waals surface area contributed by atoms with Crippen molar-refractivity contribution in [2.45, 2.75) is 31.1 Å². The highest BCUT2D eigenvalue weighted by molar-refractivity contribution is 7.99. The van der Waals surface area contributed by atoms with Crippen molar-refractivity contribution in [2.75, 3.05) is 27.9 Å². The summed E-state index contributed by atoms with van der Waals surface area (Å²) in [5.74, 6) is 2.33. The summed E-state index contributed by atoms with van der Waals surface area (Å²) < 4.78 is 14.2. The molecular formula is C21H25N5O3S2. The number of carbonyl (C=O) groups excluding carboxylic acids is 1. The number of anilines is 3. The number of ether oxygens (including phenoxy) is 1. The van der Waals surface area contributed by atoms with Crippen molar-refractivity contribution in [1.29, 1.82) is 0 Å². The predicted molar refractivity (Wildman–Crippen MR) is 128 cm³/mol. The monoisotopic (exact) mass is 459 g/mol. The Labute approximate surface area is 190 Å². The number of benzene rings is 1. The van der Waals surface area contributed by atoms with Crippen molar-refractivity contribution in [1.82, 2.24) is 10.1 Å². The maximum Gasteiger partial charge on any atom is 0.326 e. The Morgan fingerprint density at radius 2 is 1.84 bits per heavy atom. The molecule has 0 aliphatic heterocycles. The normalized spacial score (nSPS) is 11.1. The highest BCUT2D eigenvalue weighted by atomic mass is 32.2. The molecule has 2 aromatic heterocycles. The van der Waals surface area contributed by atoms with E-state index in [0.29, 0.717) is 28.9 Å². The first-order valence-corrected chi connectivity index (χ1v) is 11.9. The van der Waals surface area contributed by atoms with Crippen LogP contribution >= 0.6 is 23.7 Å². The minimum Gasteiger partial charge on any atom is -0.457 e. The van der Waals surface area contributed by atoms with Crippen molar-refractivity contribution in [3.63, 3.8) is 0 Å². The summed E-state index contributed by atoms with van der Waals surface area (Å²) in [4.78, 5) is 17.5. The fraction of sp³-hybridized carbons (Fsp3) is 0.286. The zero-order valence-electron chi connectivity index (χ0n) is 18.0. The van der Waals surface area contributed by atoms with Crippen LogP contribution in [0, 0.1) is 0 Å². The topological polar surface area (TPSA) is 101 Å². The lowest BCUT2D eigenvalue weighted by molar-refractivity contribution is 0.261. The van der Waals surface area contributed by atoms with Crippen LogP contribution in [0.3, 0.4) is 0 Å². The van der Waals surface area contributed by atoms with Crippen LogP contribution in [-0.4, -0.2) is 28.7 Å². The fourth-order valence-corrected chi connectivity index (χ4v) is 3.46. The zero-order valence-corrected chi connectivity index (χ0v) is 19.6. The van der Waals surface area contributed by atoms with Crippen LogP contribution in [0.1, 0.15) is 26.5 Å². The molecular weight excluding hydrogens is 434 g/mol. The molecule has 2 heterocycles. The summed E-state index contributed by atoms with van der Waals surface area (Å²) in [6, 6.07) is 10.4. The average molecular weight is 460 g/mol. The molecule has 3 aromatic rings. The molecule has 0 unspecified atom stereocenters. The highest BCUT2D eigenvalue weighted by Crippen LogP contribution is 2.32. The fourth-order valence-electron chi connectivity index (χ4n) is 2.56. The smallest absolute Gasteiger partial charge is 0.326 e. The summed E-state index contributed by atoms with van der Waals surface area (Å²) in [5.41, 5.74) is 1.26. The SMILES string of the molecule is CSNc1cc(Oc2ccc(NC(=O)Nc3cc(C(C)(C)C)no3)c(SC)c2)ccn1. The first-order chi connectivity index (χ1) is 14.8. The van der Waals surface area contributed by atoms with E-state index in [4.69, 9.17) is 9.26 Å². The van der Waals surface area contributed by atoms with Crippen LogP contribution in [0.2, 0.25) is 0 Å². The number of carbonyl (C=O) groups is 1. The summed E-state index contributed by atoms with van der Waals surface area (Å²) in [6.45, 7) is 6.07. The molecule has 2 amide bonds. The summed E-state index contributed by atoms with van der Waals surface area (Å²) >= 11 is 2.96. The number of nitrogens with one attached hydrogen (secondary N) is 3. The van der Waals surface area contributed by atoms with E-state index in [1.165, 1.54) is 23.7 Å². The van der Waals surface area contributed by atoms with E-state index in [-0.39, 0.29) is 5.41 Å². The minimum absolute atomic E-state index is 0.164. The van der Waals surface area contributed by atoms with Gasteiger partial charge < -0.3 is 19.3 Å². The van der Waals surface area contributed by atoms with Crippen LogP contribution in [-0.2, 0) is 5.41 Å². The summed E-state index contributed by atoms with van der Waals surface area (Å²) in [5, 5.41) is 9.51. The second kappa shape index (κ2) is 9.97. The van der Waals surface area contributed by atoms with E-state index in [2.05, 4.69) is 25.5 Å². The summed E-state index contributed by atoms with van der Waals surface area (Å²) in [7, 11) is 0. The van der Waals surface area contributed by atoms with Crippen molar-refractivity contribution < 1.29 is 14.1 Å². The van der Waals surface area contributed by atoms with Gasteiger partial charge >= 0.3 is 6.03 Å². The zero-order chi connectivity index (χ0) is 22.4. The number of nitrogens with zero attached hydrogens (tertiary/aromatic N) is 2. The Morgan fingerprint density at radius 3 is 2.52 bits per heavy atom. The molecule has 0 saturated carbocycles. The Bertz CT molecular complexity index is 1050. The maximum absolute atomic E-state index is 12.4. The van der Waals surface area contributed by atoms with Gasteiger partial charge in [0.2, 0.25) is 5.88 Å². The van der Waals surface area contributed by atoms with E-state index < -0.39 is 6.03 Å². The Kier molecular flexibility index (Phi) is 7.34. The number of hydrogen-bond acceptors (Lipinski definition) is 8. The van der Waals surface area contributed by atoms with Gasteiger partial charge in [0.15, 0.2) is 0 Å². The lowest BCUT2D eigenvalue weighted by Gasteiger charge is -2.13. The molecule has 0 radical (unpaired) electrons. The van der Waals surface area contributed by atoms with Gasteiger partial charge in [-0.15, -0.1) is 11.8 Å². The molecule has 10 heteroatoms. The third-order valence-corrected chi connectivity index (χ3v) is 5.30. The van der Waals surface area contributed by atoms with Crippen LogP contribution in [0.15, 0.2) is 52.0 Å². The van der Waals surface area contributed by atoms with Gasteiger partial charge in [0.1, 0.15) is 17.3 Å². The summed E-state index contributed by atoms with van der Waals surface area (Å²) in [6.07, 6.45) is 5.53. The number of amides is 2. The molecule has 3 N–H and O–H groups in total. The lowest BCUT2D eigenvalue weighted by atomic mass is 9.92. The van der Waals surface area contributed by atoms with Gasteiger partial charge in [0.05, 0.1) is 11.4 Å². The minimum atomic E-state index is -0.414. The molecule has 0 fully saturated rings. The van der Waals surface area contributed by atoms with Gasteiger partial charge in [0, 0.05) is 34.9 Å². The van der Waals surface area contributed by atoms with Gasteiger partial charge in [-0.05, 0) is 30.5 Å². The molecule has 1 aromatic carbocycles. The molecule has 8 nitrogen and oxygen atoms in total. The van der Waals surface area contributed by atoms with E-state index in [1.807, 2.05) is 45.4 Å². The van der Waals surface area contributed by atoms with E-state index in [9.17, 15) is 4.79 Å². The van der Waals surface area contributed by atoms with Crippen LogP contribution < -0.4 is 20.1 Å². The van der Waals surface area contributed by atoms with Gasteiger partial charge in [-0.2, -0.15) is 0 Å². The maximum atomic E-state index is 12.4. The van der Waals surface area contributed by atoms with Gasteiger partial charge in [-0.1, -0.05) is 37.9 Å². The first kappa shape index (κ1) is 22.8. The van der Waals surface area contributed by atoms with Crippen LogP contribution in [0.25, 0.3) is 0 Å². The average Bonchev–Trinajstić information content (AvgIpc) is 3.18. The molecule has 0 aliphatic rings. The van der Waals surface area contributed by atoms with Crippen molar-refractivity contribution in [3.05, 3.63) is 48.3 Å². The molecule has 0 spiro atoms. The Hall–Kier alpha value is -2.85. The molecule has 31 heavy (non-hydrogen) atoms. The molecule has 0 atom stereocenters.